The Bertz CT molecular complexity index is 2550. The lowest BCUT2D eigenvalue weighted by Crippen LogP contribution is -2.01. The predicted octanol–water partition coefficient (Wildman–Crippen LogP) is 8.78. The normalized spacial score (nSPS) is 12.6. The van der Waals surface area contributed by atoms with Crippen LogP contribution in [0.2, 0.25) is 0 Å². The molecule has 0 spiro atoms. The molecule has 0 unspecified atom stereocenters. The molecule has 6 aromatic carbocycles. The van der Waals surface area contributed by atoms with Gasteiger partial charge in [-0.25, -0.2) is 0 Å². The molecule has 0 aliphatic carbocycles. The van der Waals surface area contributed by atoms with Crippen LogP contribution in [0.1, 0.15) is 11.1 Å². The smallest absolute Gasteiger partial charge is 0.295 e. The Labute approximate surface area is 274 Å². The fourth-order valence-corrected chi connectivity index (χ4v) is 6.44. The standard InChI is InChI=1S/C34H25N5O7S2/c35-29-16-17-30(28-8-4-3-7-27(28)29)38-36-24-14-11-22(32(19-24)47(41,42)43)9-10-23-12-15-25(20-33(23)48(44,45)46)37-39-34-26-6-2-1-5-21(26)13-18-31(34)40/h1-20,40H,35H2,(H,41,42,43)(H,44,45,46)/b10-9+,38-36?,39-37?. The van der Waals surface area contributed by atoms with Gasteiger partial charge in [0.25, 0.3) is 20.2 Å². The first-order valence-electron chi connectivity index (χ1n) is 14.1. The molecule has 0 aliphatic heterocycles. The van der Waals surface area contributed by atoms with Gasteiger partial charge in [-0.1, -0.05) is 78.9 Å². The predicted molar refractivity (Wildman–Crippen MR) is 184 cm³/mol. The minimum absolute atomic E-state index is 0.00543. The third-order valence-electron chi connectivity index (χ3n) is 7.35. The topological polar surface area (TPSA) is 204 Å². The maximum Gasteiger partial charge on any atom is 0.295 e. The van der Waals surface area contributed by atoms with E-state index in [4.69, 9.17) is 5.73 Å². The second-order valence-electron chi connectivity index (χ2n) is 10.5. The van der Waals surface area contributed by atoms with Crippen LogP contribution in [0.4, 0.5) is 28.4 Å². The lowest BCUT2D eigenvalue weighted by Gasteiger charge is -2.07. The van der Waals surface area contributed by atoms with Crippen LogP contribution in [0.15, 0.2) is 139 Å². The van der Waals surface area contributed by atoms with Gasteiger partial charge in [-0.2, -0.15) is 27.1 Å². The van der Waals surface area contributed by atoms with Gasteiger partial charge in [0.05, 0.1) is 17.1 Å². The molecule has 14 heteroatoms. The van der Waals surface area contributed by atoms with Crippen molar-refractivity contribution in [2.45, 2.75) is 9.79 Å². The summed E-state index contributed by atoms with van der Waals surface area (Å²) in [6, 6.07) is 28.8. The quantitative estimate of drug-likeness (QED) is 0.0528. The zero-order valence-corrected chi connectivity index (χ0v) is 26.3. The molecule has 12 nitrogen and oxygen atoms in total. The summed E-state index contributed by atoms with van der Waals surface area (Å²) in [5, 5.41) is 29.9. The van der Waals surface area contributed by atoms with Crippen LogP contribution in [0.25, 0.3) is 33.7 Å². The number of azo groups is 2. The van der Waals surface area contributed by atoms with Crippen molar-refractivity contribution < 1.29 is 31.0 Å². The van der Waals surface area contributed by atoms with Gasteiger partial charge in [-0.15, -0.1) is 10.2 Å². The molecule has 0 saturated carbocycles. The molecule has 0 radical (unpaired) electrons. The van der Waals surface area contributed by atoms with Crippen molar-refractivity contribution in [3.05, 3.63) is 120 Å². The molecular weight excluding hydrogens is 655 g/mol. The van der Waals surface area contributed by atoms with E-state index in [1.807, 2.05) is 36.4 Å². The van der Waals surface area contributed by atoms with Gasteiger partial charge in [0, 0.05) is 21.8 Å². The summed E-state index contributed by atoms with van der Waals surface area (Å²) < 4.78 is 69.3. The Hall–Kier alpha value is -5.80. The Morgan fingerprint density at radius 3 is 1.71 bits per heavy atom. The van der Waals surface area contributed by atoms with E-state index in [0.29, 0.717) is 16.8 Å². The highest BCUT2D eigenvalue weighted by atomic mass is 32.2. The van der Waals surface area contributed by atoms with Gasteiger partial charge in [-0.3, -0.25) is 9.11 Å². The number of benzene rings is 6. The number of phenolic OH excluding ortho intramolecular Hbond substituents is 1. The first kappa shape index (κ1) is 32.2. The van der Waals surface area contributed by atoms with E-state index < -0.39 is 30.0 Å². The molecule has 0 aromatic heterocycles. The van der Waals surface area contributed by atoms with Gasteiger partial charge in [0.15, 0.2) is 0 Å². The first-order valence-corrected chi connectivity index (χ1v) is 17.0. The number of anilines is 1. The molecule has 0 atom stereocenters. The summed E-state index contributed by atoms with van der Waals surface area (Å²) in [7, 11) is -9.56. The van der Waals surface area contributed by atoms with E-state index in [1.54, 1.807) is 30.3 Å². The third kappa shape index (κ3) is 6.82. The summed E-state index contributed by atoms with van der Waals surface area (Å²) >= 11 is 0. The number of nitrogens with two attached hydrogens (primary N) is 1. The van der Waals surface area contributed by atoms with Crippen LogP contribution in [0.5, 0.6) is 5.75 Å². The number of aromatic hydroxyl groups is 1. The molecule has 0 amide bonds. The largest absolute Gasteiger partial charge is 0.506 e. The van der Waals surface area contributed by atoms with Crippen LogP contribution in [-0.4, -0.2) is 31.0 Å². The molecule has 6 rings (SSSR count). The van der Waals surface area contributed by atoms with Gasteiger partial charge in [-0.05, 0) is 59.0 Å². The number of hydrogen-bond acceptors (Lipinski definition) is 10. The first-order chi connectivity index (χ1) is 22.9. The Morgan fingerprint density at radius 1 is 0.562 bits per heavy atom. The van der Waals surface area contributed by atoms with E-state index in [9.17, 15) is 31.0 Å². The number of nitrogens with zero attached hydrogens (tertiary/aromatic N) is 4. The number of fused-ring (bicyclic) bond motifs is 2. The van der Waals surface area contributed by atoms with Crippen molar-refractivity contribution in [2.75, 3.05) is 5.73 Å². The fourth-order valence-electron chi connectivity index (χ4n) is 5.03. The van der Waals surface area contributed by atoms with E-state index in [-0.39, 0.29) is 33.9 Å². The van der Waals surface area contributed by atoms with Crippen LogP contribution in [0, 0.1) is 0 Å². The molecule has 240 valence electrons. The van der Waals surface area contributed by atoms with Gasteiger partial charge in [0.1, 0.15) is 21.2 Å². The SMILES string of the molecule is Nc1ccc(N=Nc2ccc(/C=C/c3ccc(N=Nc4c(O)ccc5ccccc45)cc3S(=O)(=O)O)c(S(=O)(=O)O)c2)c2ccccc12. The van der Waals surface area contributed by atoms with E-state index in [2.05, 4.69) is 20.5 Å². The zero-order valence-electron chi connectivity index (χ0n) is 24.7. The van der Waals surface area contributed by atoms with Gasteiger partial charge < -0.3 is 10.8 Å². The van der Waals surface area contributed by atoms with Crippen LogP contribution >= 0.6 is 0 Å². The maximum absolute atomic E-state index is 12.3. The second kappa shape index (κ2) is 12.8. The van der Waals surface area contributed by atoms with Crippen molar-refractivity contribution in [3.63, 3.8) is 0 Å². The highest BCUT2D eigenvalue weighted by Gasteiger charge is 2.18. The summed E-state index contributed by atoms with van der Waals surface area (Å²) in [6.45, 7) is 0. The summed E-state index contributed by atoms with van der Waals surface area (Å²) in [5.41, 5.74) is 7.44. The fraction of sp³-hybridized carbons (Fsp3) is 0. The van der Waals surface area contributed by atoms with Crippen molar-refractivity contribution >= 4 is 82.4 Å². The van der Waals surface area contributed by atoms with E-state index >= 15 is 0 Å². The molecule has 0 fully saturated rings. The molecule has 6 aromatic rings. The molecule has 48 heavy (non-hydrogen) atoms. The molecule has 0 saturated heterocycles. The lowest BCUT2D eigenvalue weighted by molar-refractivity contribution is 0.477. The Kier molecular flexibility index (Phi) is 8.56. The molecule has 5 N–H and O–H groups in total. The monoisotopic (exact) mass is 679 g/mol. The molecule has 0 aliphatic rings. The number of phenols is 1. The second-order valence-corrected chi connectivity index (χ2v) is 13.3. The van der Waals surface area contributed by atoms with E-state index in [1.165, 1.54) is 42.5 Å². The summed E-state index contributed by atoms with van der Waals surface area (Å²) in [5.74, 6) is -0.132. The van der Waals surface area contributed by atoms with Crippen molar-refractivity contribution in [3.8, 4) is 5.75 Å². The lowest BCUT2D eigenvalue weighted by atomic mass is 10.1. The molecule has 0 bridgehead atoms. The highest BCUT2D eigenvalue weighted by Crippen LogP contribution is 2.37. The van der Waals surface area contributed by atoms with Crippen molar-refractivity contribution in [1.82, 2.24) is 0 Å². The number of hydrogen-bond donors (Lipinski definition) is 4. The minimum Gasteiger partial charge on any atom is -0.506 e. The number of nitrogen functional groups attached to an aromatic ring is 1. The average molecular weight is 680 g/mol. The van der Waals surface area contributed by atoms with Crippen LogP contribution < -0.4 is 5.73 Å². The van der Waals surface area contributed by atoms with Gasteiger partial charge >= 0.3 is 0 Å². The summed E-state index contributed by atoms with van der Waals surface area (Å²) in [6.07, 6.45) is 2.52. The molecule has 0 heterocycles. The van der Waals surface area contributed by atoms with Crippen LogP contribution in [-0.2, 0) is 20.2 Å². The number of rotatable bonds is 8. The van der Waals surface area contributed by atoms with Crippen molar-refractivity contribution in [1.29, 1.82) is 0 Å². The Morgan fingerprint density at radius 2 is 1.10 bits per heavy atom. The van der Waals surface area contributed by atoms with E-state index in [0.717, 1.165) is 28.3 Å². The minimum atomic E-state index is -4.79. The average Bonchev–Trinajstić information content (AvgIpc) is 3.06. The highest BCUT2D eigenvalue weighted by molar-refractivity contribution is 7.86. The Balaban J connectivity index is 1.33. The van der Waals surface area contributed by atoms with Crippen LogP contribution in [0.3, 0.4) is 0 Å². The third-order valence-corrected chi connectivity index (χ3v) is 9.16. The zero-order chi connectivity index (χ0) is 34.1. The maximum atomic E-state index is 12.3. The van der Waals surface area contributed by atoms with Crippen molar-refractivity contribution in [2.24, 2.45) is 20.5 Å². The molecular formula is C34H25N5O7S2. The van der Waals surface area contributed by atoms with Gasteiger partial charge in [0.2, 0.25) is 0 Å². The summed E-state index contributed by atoms with van der Waals surface area (Å²) in [4.78, 5) is -1.04.